The Morgan fingerprint density at radius 2 is 1.57 bits per heavy atom. The van der Waals surface area contributed by atoms with Crippen molar-refractivity contribution < 1.29 is 0 Å². The summed E-state index contributed by atoms with van der Waals surface area (Å²) >= 11 is 1.51. The monoisotopic (exact) mass is 553 g/mol. The van der Waals surface area contributed by atoms with Gasteiger partial charge in [0, 0.05) is 26.5 Å². The first-order valence-corrected chi connectivity index (χ1v) is 11.5. The van der Waals surface area contributed by atoms with Crippen molar-refractivity contribution in [3.8, 4) is 11.3 Å². The summed E-state index contributed by atoms with van der Waals surface area (Å²) in [7, 11) is 4.77. The molecule has 3 aromatic heterocycles. The molecule has 2 aromatic carbocycles. The van der Waals surface area contributed by atoms with Crippen LogP contribution in [0.1, 0.15) is 5.56 Å². The van der Waals surface area contributed by atoms with Crippen LogP contribution in [-0.4, -0.2) is 23.3 Å². The molecule has 0 spiro atoms. The molecule has 11 heteroatoms. The zero-order chi connectivity index (χ0) is 23.8. The third-order valence-corrected chi connectivity index (χ3v) is 6.64. The number of thiazole rings is 1. The molecule has 0 amide bonds. The first-order valence-electron chi connectivity index (χ1n) is 10.7. The first kappa shape index (κ1) is 24.4. The maximum absolute atomic E-state index is 12.7. The predicted octanol–water partition coefficient (Wildman–Crippen LogP) is 3.05. The summed E-state index contributed by atoms with van der Waals surface area (Å²) in [6.07, 6.45) is 0. The van der Waals surface area contributed by atoms with Crippen LogP contribution in [0.5, 0.6) is 0 Å². The number of imidazole rings is 1. The minimum Gasteiger partial charge on any atom is -0.311 e. The van der Waals surface area contributed by atoms with Gasteiger partial charge in [0.15, 0.2) is 11.2 Å². The normalized spacial score (nSPS) is 11.6. The smallest absolute Gasteiger partial charge is 0.311 e. The van der Waals surface area contributed by atoms with Gasteiger partial charge in [-0.1, -0.05) is 60.7 Å². The maximum atomic E-state index is 12.7. The van der Waals surface area contributed by atoms with Crippen LogP contribution in [0, 0.1) is 0 Å². The molecule has 0 aliphatic carbocycles. The zero-order valence-corrected chi connectivity index (χ0v) is 21.9. The third kappa shape index (κ3) is 4.40. The third-order valence-electron chi connectivity index (χ3n) is 5.78. The molecule has 0 aliphatic rings. The van der Waals surface area contributed by atoms with Crippen molar-refractivity contribution in [2.24, 2.45) is 26.2 Å². The average Bonchev–Trinajstić information content (AvgIpc) is 3.41. The van der Waals surface area contributed by atoms with Gasteiger partial charge in [-0.15, -0.1) is 33.4 Å². The fourth-order valence-electron chi connectivity index (χ4n) is 3.89. The van der Waals surface area contributed by atoms with E-state index in [0.717, 1.165) is 26.2 Å². The van der Waals surface area contributed by atoms with Crippen LogP contribution < -0.4 is 21.5 Å². The summed E-state index contributed by atoms with van der Waals surface area (Å²) in [5.74, 6) is 0.370. The quantitative estimate of drug-likeness (QED) is 0.338. The van der Waals surface area contributed by atoms with E-state index in [1.807, 2.05) is 36.4 Å². The molecule has 0 atom stereocenters. The first-order chi connectivity index (χ1) is 16.5. The molecule has 5 aromatic rings. The van der Waals surface area contributed by atoms with Crippen LogP contribution in [0.25, 0.3) is 22.4 Å². The van der Waals surface area contributed by atoms with Crippen LogP contribution in [0.15, 0.2) is 80.7 Å². The number of nitrogens with one attached hydrogen (secondary N) is 1. The van der Waals surface area contributed by atoms with Crippen molar-refractivity contribution in [1.82, 2.24) is 23.3 Å². The standard InChI is InChI=1S/C24H23N7O2S.BrH/c1-28-19-20(29(2)24(33)30(3)21(19)32)25-22(28)26-27-23-31(14-16-10-6-4-7-11-16)18(15-34-23)17-12-8-5-9-13-17;/h4-13,15H,14H2,1-3H3,(H,25,26);1H/b27-23+;. The van der Waals surface area contributed by atoms with Crippen molar-refractivity contribution in [2.75, 3.05) is 5.43 Å². The Labute approximate surface area is 215 Å². The van der Waals surface area contributed by atoms with Crippen molar-refractivity contribution in [2.45, 2.75) is 6.54 Å². The summed E-state index contributed by atoms with van der Waals surface area (Å²) in [5, 5.41) is 6.71. The number of aromatic nitrogens is 5. The van der Waals surface area contributed by atoms with Gasteiger partial charge in [0.1, 0.15) is 0 Å². The highest BCUT2D eigenvalue weighted by molar-refractivity contribution is 8.93. The molecule has 3 heterocycles. The van der Waals surface area contributed by atoms with Crippen LogP contribution in [-0.2, 0) is 27.7 Å². The summed E-state index contributed by atoms with van der Waals surface area (Å²) in [6, 6.07) is 20.4. The van der Waals surface area contributed by atoms with E-state index in [1.165, 1.54) is 23.0 Å². The van der Waals surface area contributed by atoms with Gasteiger partial charge in [-0.3, -0.25) is 13.9 Å². The van der Waals surface area contributed by atoms with Crippen LogP contribution in [0.4, 0.5) is 5.95 Å². The Morgan fingerprint density at radius 1 is 0.914 bits per heavy atom. The number of nitrogens with zero attached hydrogens (tertiary/aromatic N) is 6. The van der Waals surface area contributed by atoms with Crippen molar-refractivity contribution >= 4 is 45.4 Å². The van der Waals surface area contributed by atoms with Gasteiger partial charge in [0.2, 0.25) is 10.7 Å². The number of rotatable bonds is 5. The molecule has 0 saturated carbocycles. The van der Waals surface area contributed by atoms with Gasteiger partial charge in [0.25, 0.3) is 5.56 Å². The molecule has 9 nitrogen and oxygen atoms in total. The molecular formula is C24H24BrN7O2S. The van der Waals surface area contributed by atoms with Gasteiger partial charge in [-0.25, -0.2) is 10.2 Å². The molecule has 35 heavy (non-hydrogen) atoms. The molecule has 0 saturated heterocycles. The van der Waals surface area contributed by atoms with E-state index in [4.69, 9.17) is 0 Å². The lowest BCUT2D eigenvalue weighted by molar-refractivity contribution is 0.705. The predicted molar refractivity (Wildman–Crippen MR) is 144 cm³/mol. The van der Waals surface area contributed by atoms with Crippen LogP contribution in [0.2, 0.25) is 0 Å². The lowest BCUT2D eigenvalue weighted by Gasteiger charge is -2.09. The van der Waals surface area contributed by atoms with Crippen LogP contribution in [0.3, 0.4) is 0 Å². The van der Waals surface area contributed by atoms with Gasteiger partial charge in [-0.05, 0) is 11.1 Å². The Hall–Kier alpha value is -3.70. The van der Waals surface area contributed by atoms with Gasteiger partial charge in [-0.2, -0.15) is 4.98 Å². The Morgan fingerprint density at radius 3 is 2.26 bits per heavy atom. The molecule has 0 unspecified atom stereocenters. The maximum Gasteiger partial charge on any atom is 0.332 e. The molecule has 5 rings (SSSR count). The van der Waals surface area contributed by atoms with E-state index >= 15 is 0 Å². The van der Waals surface area contributed by atoms with Gasteiger partial charge >= 0.3 is 5.69 Å². The van der Waals surface area contributed by atoms with E-state index in [9.17, 15) is 9.59 Å². The molecule has 180 valence electrons. The highest BCUT2D eigenvalue weighted by Gasteiger charge is 2.17. The number of fused-ring (bicyclic) bond motifs is 1. The summed E-state index contributed by atoms with van der Waals surface area (Å²) in [4.78, 5) is 30.2. The highest BCUT2D eigenvalue weighted by Crippen LogP contribution is 2.21. The van der Waals surface area contributed by atoms with E-state index < -0.39 is 11.2 Å². The largest absolute Gasteiger partial charge is 0.332 e. The van der Waals surface area contributed by atoms with Gasteiger partial charge < -0.3 is 9.13 Å². The topological polar surface area (TPSA) is 91.1 Å². The van der Waals surface area contributed by atoms with Crippen LogP contribution >= 0.6 is 28.3 Å². The molecular weight excluding hydrogens is 530 g/mol. The number of anilines is 1. The Balaban J connectivity index is 0.00000289. The van der Waals surface area contributed by atoms with E-state index in [0.29, 0.717) is 23.7 Å². The van der Waals surface area contributed by atoms with E-state index in [2.05, 4.69) is 49.7 Å². The Bertz CT molecular complexity index is 1680. The number of halogens is 1. The molecule has 0 aliphatic heterocycles. The lowest BCUT2D eigenvalue weighted by Crippen LogP contribution is -2.37. The van der Waals surface area contributed by atoms with Crippen molar-refractivity contribution in [3.63, 3.8) is 0 Å². The zero-order valence-electron chi connectivity index (χ0n) is 19.4. The summed E-state index contributed by atoms with van der Waals surface area (Å²) in [6.45, 7) is 0.646. The summed E-state index contributed by atoms with van der Waals surface area (Å²) in [5.41, 5.74) is 6.12. The average molecular weight is 554 g/mol. The second-order valence-electron chi connectivity index (χ2n) is 7.94. The van der Waals surface area contributed by atoms with Crippen molar-refractivity contribution in [1.29, 1.82) is 0 Å². The highest BCUT2D eigenvalue weighted by atomic mass is 79.9. The number of hydrogen-bond acceptors (Lipinski definition) is 6. The lowest BCUT2D eigenvalue weighted by atomic mass is 10.1. The molecule has 0 radical (unpaired) electrons. The fourth-order valence-corrected chi connectivity index (χ4v) is 4.76. The van der Waals surface area contributed by atoms with E-state index in [-0.39, 0.29) is 17.0 Å². The number of benzene rings is 2. The second-order valence-corrected chi connectivity index (χ2v) is 8.77. The molecule has 0 bridgehead atoms. The molecule has 0 fully saturated rings. The fraction of sp³-hybridized carbons (Fsp3) is 0.167. The number of hydrogen-bond donors (Lipinski definition) is 1. The van der Waals surface area contributed by atoms with E-state index in [1.54, 1.807) is 18.7 Å². The summed E-state index contributed by atoms with van der Waals surface area (Å²) < 4.78 is 6.19. The SMILES string of the molecule is Br.Cn1c(=O)c2c(nc(N/N=c3/scc(-c4ccccc4)n3Cc3ccccc3)n2C)n(C)c1=O. The minimum absolute atomic E-state index is 0. The second kappa shape index (κ2) is 9.88. The molecule has 1 N–H and O–H groups in total. The van der Waals surface area contributed by atoms with Gasteiger partial charge in [0.05, 0.1) is 12.2 Å². The Kier molecular flexibility index (Phi) is 6.90. The number of aryl methyl sites for hydroxylation is 2. The van der Waals surface area contributed by atoms with Crippen molar-refractivity contribution in [3.05, 3.63) is 97.2 Å². The minimum atomic E-state index is -0.425.